The predicted octanol–water partition coefficient (Wildman–Crippen LogP) is 5.38. The van der Waals surface area contributed by atoms with E-state index in [1.165, 1.54) is 16.0 Å². The third-order valence-corrected chi connectivity index (χ3v) is 7.03. The summed E-state index contributed by atoms with van der Waals surface area (Å²) in [7, 11) is 0. The molecule has 1 unspecified atom stereocenters. The molecule has 0 radical (unpaired) electrons. The molecular weight excluding hydrogens is 438 g/mol. The number of H-pyrrole nitrogens is 1. The molecule has 2 heterocycles. The second kappa shape index (κ2) is 8.24. The number of ketones is 1. The number of Topliss-reactive ketones (excluding diaryl/α,β-unsaturated/α-hetero) is 1. The molecule has 174 valence electrons. The van der Waals surface area contributed by atoms with Crippen LogP contribution in [0.15, 0.2) is 72.3 Å². The standard InChI is InChI=1S/C29H25N3O3/c1-17-11-14-22-23(15-17)31-29(30-22)32-25(19-8-3-2-4-9-19)24(27(34)28(32)35)26(33)21-13-12-18-7-5-6-10-20(18)16-21/h2-4,8-9,11-16,25,33H,5-7,10H2,1H3,(H,30,31)/b26-24+. The number of imidazole rings is 1. The Morgan fingerprint density at radius 2 is 1.74 bits per heavy atom. The fraction of sp³-hybridized carbons (Fsp3) is 0.207. The van der Waals surface area contributed by atoms with Crippen molar-refractivity contribution >= 4 is 34.4 Å². The second-order valence-corrected chi connectivity index (χ2v) is 9.35. The van der Waals surface area contributed by atoms with Crippen molar-refractivity contribution in [2.75, 3.05) is 4.90 Å². The minimum absolute atomic E-state index is 0.0774. The first-order valence-corrected chi connectivity index (χ1v) is 12.0. The molecule has 0 bridgehead atoms. The zero-order chi connectivity index (χ0) is 24.1. The van der Waals surface area contributed by atoms with Crippen LogP contribution < -0.4 is 4.90 Å². The first-order valence-electron chi connectivity index (χ1n) is 12.0. The van der Waals surface area contributed by atoms with Crippen LogP contribution in [-0.4, -0.2) is 26.8 Å². The number of hydrogen-bond donors (Lipinski definition) is 2. The molecule has 1 saturated heterocycles. The van der Waals surface area contributed by atoms with E-state index in [-0.39, 0.29) is 17.3 Å². The fourth-order valence-corrected chi connectivity index (χ4v) is 5.26. The molecule has 3 aromatic carbocycles. The van der Waals surface area contributed by atoms with Crippen molar-refractivity contribution in [3.8, 4) is 0 Å². The van der Waals surface area contributed by atoms with E-state index in [0.29, 0.717) is 11.1 Å². The van der Waals surface area contributed by atoms with Gasteiger partial charge in [-0.05, 0) is 73.1 Å². The predicted molar refractivity (Wildman–Crippen MR) is 135 cm³/mol. The molecule has 0 spiro atoms. The van der Waals surface area contributed by atoms with Crippen molar-refractivity contribution in [2.24, 2.45) is 0 Å². The fourth-order valence-electron chi connectivity index (χ4n) is 5.26. The van der Waals surface area contributed by atoms with Crippen LogP contribution >= 0.6 is 0 Å². The summed E-state index contributed by atoms with van der Waals surface area (Å²) in [6.45, 7) is 1.98. The van der Waals surface area contributed by atoms with Crippen LogP contribution in [0.3, 0.4) is 0 Å². The maximum absolute atomic E-state index is 13.4. The smallest absolute Gasteiger partial charge is 0.302 e. The van der Waals surface area contributed by atoms with E-state index in [9.17, 15) is 14.7 Å². The van der Waals surface area contributed by atoms with Gasteiger partial charge in [0.05, 0.1) is 22.6 Å². The maximum atomic E-state index is 13.4. The lowest BCUT2D eigenvalue weighted by Gasteiger charge is -2.23. The van der Waals surface area contributed by atoms with Crippen LogP contribution in [0.2, 0.25) is 0 Å². The lowest BCUT2D eigenvalue weighted by molar-refractivity contribution is -0.132. The molecule has 4 aromatic rings. The van der Waals surface area contributed by atoms with E-state index in [2.05, 4.69) is 9.97 Å². The minimum Gasteiger partial charge on any atom is -0.507 e. The number of aliphatic hydroxyl groups excluding tert-OH is 1. The normalized spacial score (nSPS) is 19.3. The Morgan fingerprint density at radius 1 is 0.971 bits per heavy atom. The maximum Gasteiger partial charge on any atom is 0.302 e. The Kier molecular flexibility index (Phi) is 5.02. The average molecular weight is 464 g/mol. The SMILES string of the molecule is Cc1ccc2nc(N3C(=O)C(=O)/C(=C(/O)c4ccc5c(c4)CCCC5)C3c3ccccc3)[nH]c2c1. The summed E-state index contributed by atoms with van der Waals surface area (Å²) in [6.07, 6.45) is 4.24. The van der Waals surface area contributed by atoms with Gasteiger partial charge in [0.2, 0.25) is 5.95 Å². The number of nitrogens with zero attached hydrogens (tertiary/aromatic N) is 2. The number of fused-ring (bicyclic) bond motifs is 2. The lowest BCUT2D eigenvalue weighted by Crippen LogP contribution is -2.30. The molecule has 2 aliphatic rings. The number of aryl methyl sites for hydroxylation is 3. The number of aromatic amines is 1. The van der Waals surface area contributed by atoms with Gasteiger partial charge in [0, 0.05) is 5.56 Å². The highest BCUT2D eigenvalue weighted by atomic mass is 16.3. The molecule has 1 aliphatic carbocycles. The van der Waals surface area contributed by atoms with E-state index in [1.807, 2.05) is 73.7 Å². The van der Waals surface area contributed by atoms with E-state index in [0.717, 1.165) is 42.3 Å². The van der Waals surface area contributed by atoms with Gasteiger partial charge in [-0.15, -0.1) is 0 Å². The summed E-state index contributed by atoms with van der Waals surface area (Å²) in [6, 6.07) is 20.1. The van der Waals surface area contributed by atoms with Crippen LogP contribution in [0.4, 0.5) is 5.95 Å². The third-order valence-electron chi connectivity index (χ3n) is 7.03. The Hall–Kier alpha value is -4.19. The summed E-state index contributed by atoms with van der Waals surface area (Å²) in [4.78, 5) is 36.0. The highest BCUT2D eigenvalue weighted by Crippen LogP contribution is 2.42. The first kappa shape index (κ1) is 21.4. The Balaban J connectivity index is 1.53. The van der Waals surface area contributed by atoms with Crippen LogP contribution in [0.25, 0.3) is 16.8 Å². The van der Waals surface area contributed by atoms with Gasteiger partial charge >= 0.3 is 5.91 Å². The molecule has 2 N–H and O–H groups in total. The molecule has 1 fully saturated rings. The van der Waals surface area contributed by atoms with Crippen molar-refractivity contribution in [3.05, 3.63) is 100 Å². The largest absolute Gasteiger partial charge is 0.507 e. The molecule has 6 nitrogen and oxygen atoms in total. The summed E-state index contributed by atoms with van der Waals surface area (Å²) in [5.74, 6) is -1.30. The number of nitrogens with one attached hydrogen (secondary N) is 1. The monoisotopic (exact) mass is 463 g/mol. The number of carbonyl (C=O) groups is 2. The number of aliphatic hydroxyl groups is 1. The van der Waals surface area contributed by atoms with Gasteiger partial charge in [-0.2, -0.15) is 0 Å². The number of aromatic nitrogens is 2. The van der Waals surface area contributed by atoms with Gasteiger partial charge in [-0.25, -0.2) is 4.98 Å². The molecule has 1 aliphatic heterocycles. The molecule has 0 saturated carbocycles. The molecule has 6 rings (SSSR count). The number of amides is 1. The van der Waals surface area contributed by atoms with E-state index in [1.54, 1.807) is 0 Å². The summed E-state index contributed by atoms with van der Waals surface area (Å²) < 4.78 is 0. The number of carbonyl (C=O) groups excluding carboxylic acids is 2. The van der Waals surface area contributed by atoms with Crippen LogP contribution in [0.5, 0.6) is 0 Å². The van der Waals surface area contributed by atoms with Crippen LogP contribution in [0, 0.1) is 6.92 Å². The highest BCUT2D eigenvalue weighted by molar-refractivity contribution is 6.51. The van der Waals surface area contributed by atoms with Crippen molar-refractivity contribution in [1.29, 1.82) is 0 Å². The molecular formula is C29H25N3O3. The Bertz CT molecular complexity index is 1520. The minimum atomic E-state index is -0.797. The van der Waals surface area contributed by atoms with E-state index < -0.39 is 17.7 Å². The number of benzene rings is 3. The molecule has 1 atom stereocenters. The number of anilines is 1. The van der Waals surface area contributed by atoms with Gasteiger partial charge in [0.1, 0.15) is 5.76 Å². The number of rotatable bonds is 3. The molecule has 6 heteroatoms. The number of hydrogen-bond acceptors (Lipinski definition) is 4. The average Bonchev–Trinajstić information content (AvgIpc) is 3.41. The van der Waals surface area contributed by atoms with Crippen molar-refractivity contribution < 1.29 is 14.7 Å². The van der Waals surface area contributed by atoms with Gasteiger partial charge in [-0.1, -0.05) is 48.5 Å². The van der Waals surface area contributed by atoms with Gasteiger partial charge in [-0.3, -0.25) is 14.5 Å². The zero-order valence-electron chi connectivity index (χ0n) is 19.4. The summed E-state index contributed by atoms with van der Waals surface area (Å²) in [5, 5.41) is 11.4. The summed E-state index contributed by atoms with van der Waals surface area (Å²) in [5.41, 5.74) is 6.38. The van der Waals surface area contributed by atoms with Gasteiger partial charge in [0.15, 0.2) is 0 Å². The van der Waals surface area contributed by atoms with Gasteiger partial charge in [0.25, 0.3) is 5.78 Å². The van der Waals surface area contributed by atoms with Crippen LogP contribution in [0.1, 0.15) is 46.7 Å². The van der Waals surface area contributed by atoms with Crippen molar-refractivity contribution in [3.63, 3.8) is 0 Å². The summed E-state index contributed by atoms with van der Waals surface area (Å²) >= 11 is 0. The third kappa shape index (κ3) is 3.53. The lowest BCUT2D eigenvalue weighted by atomic mass is 9.89. The Morgan fingerprint density at radius 3 is 2.54 bits per heavy atom. The highest BCUT2D eigenvalue weighted by Gasteiger charge is 2.48. The van der Waals surface area contributed by atoms with Crippen molar-refractivity contribution in [2.45, 2.75) is 38.6 Å². The van der Waals surface area contributed by atoms with Crippen molar-refractivity contribution in [1.82, 2.24) is 9.97 Å². The van der Waals surface area contributed by atoms with E-state index >= 15 is 0 Å². The van der Waals surface area contributed by atoms with Gasteiger partial charge < -0.3 is 10.1 Å². The van der Waals surface area contributed by atoms with Crippen LogP contribution in [-0.2, 0) is 22.4 Å². The zero-order valence-corrected chi connectivity index (χ0v) is 19.4. The molecule has 1 aromatic heterocycles. The topological polar surface area (TPSA) is 86.3 Å². The Labute approximate surface area is 202 Å². The first-order chi connectivity index (χ1) is 17.0. The van der Waals surface area contributed by atoms with E-state index in [4.69, 9.17) is 0 Å². The molecule has 35 heavy (non-hydrogen) atoms. The second-order valence-electron chi connectivity index (χ2n) is 9.35. The molecule has 1 amide bonds. The quantitative estimate of drug-likeness (QED) is 0.243.